The van der Waals surface area contributed by atoms with Crippen molar-refractivity contribution in [2.45, 2.75) is 0 Å². The van der Waals surface area contributed by atoms with Gasteiger partial charge in [0.15, 0.2) is 0 Å². The molecule has 0 spiro atoms. The zero-order valence-electron chi connectivity index (χ0n) is 10.6. The van der Waals surface area contributed by atoms with E-state index in [0.29, 0.717) is 13.1 Å². The summed E-state index contributed by atoms with van der Waals surface area (Å²) < 4.78 is 12.8. The third-order valence-electron chi connectivity index (χ3n) is 3.10. The SMILES string of the molecule is C#CCNC(=O)N1CCN(c2ccc(F)cc2)CC1. The maximum absolute atomic E-state index is 12.8. The number of anilines is 1. The van der Waals surface area contributed by atoms with E-state index < -0.39 is 0 Å². The summed E-state index contributed by atoms with van der Waals surface area (Å²) in [5.74, 6) is 2.13. The van der Waals surface area contributed by atoms with E-state index in [1.807, 2.05) is 0 Å². The molecule has 1 fully saturated rings. The van der Waals surface area contributed by atoms with Gasteiger partial charge in [-0.2, -0.15) is 0 Å². The Morgan fingerprint density at radius 3 is 2.47 bits per heavy atom. The lowest BCUT2D eigenvalue weighted by Crippen LogP contribution is -2.51. The first-order valence-corrected chi connectivity index (χ1v) is 6.17. The largest absolute Gasteiger partial charge is 0.368 e. The van der Waals surface area contributed by atoms with E-state index in [0.717, 1.165) is 18.8 Å². The number of urea groups is 1. The van der Waals surface area contributed by atoms with Crippen molar-refractivity contribution in [3.8, 4) is 12.3 Å². The predicted molar refractivity (Wildman–Crippen MR) is 72.4 cm³/mol. The molecule has 0 saturated carbocycles. The number of rotatable bonds is 2. The van der Waals surface area contributed by atoms with E-state index in [1.165, 1.54) is 12.1 Å². The number of nitrogens with zero attached hydrogens (tertiary/aromatic N) is 2. The number of piperazine rings is 1. The lowest BCUT2D eigenvalue weighted by molar-refractivity contribution is 0.195. The minimum atomic E-state index is -0.240. The maximum atomic E-state index is 12.8. The molecule has 1 aromatic rings. The van der Waals surface area contributed by atoms with Gasteiger partial charge in [0, 0.05) is 31.9 Å². The first-order valence-electron chi connectivity index (χ1n) is 6.17. The van der Waals surface area contributed by atoms with Gasteiger partial charge >= 0.3 is 6.03 Å². The van der Waals surface area contributed by atoms with Crippen molar-refractivity contribution in [1.29, 1.82) is 0 Å². The van der Waals surface area contributed by atoms with E-state index in [9.17, 15) is 9.18 Å². The Morgan fingerprint density at radius 2 is 1.89 bits per heavy atom. The molecule has 0 bridgehead atoms. The van der Waals surface area contributed by atoms with Crippen molar-refractivity contribution in [3.63, 3.8) is 0 Å². The fourth-order valence-electron chi connectivity index (χ4n) is 2.06. The fraction of sp³-hybridized carbons (Fsp3) is 0.357. The van der Waals surface area contributed by atoms with E-state index in [-0.39, 0.29) is 18.4 Å². The Labute approximate surface area is 112 Å². The van der Waals surface area contributed by atoms with Crippen LogP contribution in [0.25, 0.3) is 0 Å². The van der Waals surface area contributed by atoms with Gasteiger partial charge in [-0.3, -0.25) is 0 Å². The monoisotopic (exact) mass is 261 g/mol. The lowest BCUT2D eigenvalue weighted by Gasteiger charge is -2.35. The number of benzene rings is 1. The molecule has 1 aliphatic rings. The highest BCUT2D eigenvalue weighted by Gasteiger charge is 2.20. The number of carbonyl (C=O) groups excluding carboxylic acids is 1. The van der Waals surface area contributed by atoms with E-state index in [4.69, 9.17) is 6.42 Å². The second-order valence-corrected chi connectivity index (χ2v) is 4.31. The third-order valence-corrected chi connectivity index (χ3v) is 3.10. The number of hydrogen-bond acceptors (Lipinski definition) is 2. The molecule has 100 valence electrons. The van der Waals surface area contributed by atoms with Gasteiger partial charge in [0.1, 0.15) is 5.82 Å². The molecular weight excluding hydrogens is 245 g/mol. The molecule has 2 rings (SSSR count). The Hall–Kier alpha value is -2.22. The first-order chi connectivity index (χ1) is 9.20. The Bertz CT molecular complexity index is 472. The fourth-order valence-corrected chi connectivity index (χ4v) is 2.06. The van der Waals surface area contributed by atoms with Crippen molar-refractivity contribution in [2.24, 2.45) is 0 Å². The maximum Gasteiger partial charge on any atom is 0.318 e. The average molecular weight is 261 g/mol. The summed E-state index contributed by atoms with van der Waals surface area (Å²) in [6.45, 7) is 2.97. The molecule has 19 heavy (non-hydrogen) atoms. The van der Waals surface area contributed by atoms with E-state index >= 15 is 0 Å². The van der Waals surface area contributed by atoms with Gasteiger partial charge in [0.05, 0.1) is 6.54 Å². The van der Waals surface area contributed by atoms with E-state index in [2.05, 4.69) is 16.1 Å². The van der Waals surface area contributed by atoms with Crippen LogP contribution in [0, 0.1) is 18.2 Å². The summed E-state index contributed by atoms with van der Waals surface area (Å²) >= 11 is 0. The second-order valence-electron chi connectivity index (χ2n) is 4.31. The molecule has 5 heteroatoms. The van der Waals surface area contributed by atoms with E-state index in [1.54, 1.807) is 17.0 Å². The van der Waals surface area contributed by atoms with Gasteiger partial charge in [-0.1, -0.05) is 5.92 Å². The molecule has 1 heterocycles. The Balaban J connectivity index is 1.87. The molecule has 0 unspecified atom stereocenters. The zero-order valence-corrected chi connectivity index (χ0v) is 10.6. The van der Waals surface area contributed by atoms with Crippen molar-refractivity contribution in [1.82, 2.24) is 10.2 Å². The van der Waals surface area contributed by atoms with Crippen LogP contribution in [0.3, 0.4) is 0 Å². The highest BCUT2D eigenvalue weighted by molar-refractivity contribution is 5.74. The highest BCUT2D eigenvalue weighted by Crippen LogP contribution is 2.16. The van der Waals surface area contributed by atoms with Crippen LogP contribution >= 0.6 is 0 Å². The number of hydrogen-bond donors (Lipinski definition) is 1. The van der Waals surface area contributed by atoms with Crippen molar-refractivity contribution in [3.05, 3.63) is 30.1 Å². The molecule has 2 amide bonds. The normalized spacial score (nSPS) is 14.9. The average Bonchev–Trinajstić information content (AvgIpc) is 2.46. The second kappa shape index (κ2) is 6.10. The molecule has 1 saturated heterocycles. The topological polar surface area (TPSA) is 35.6 Å². The first kappa shape index (κ1) is 13.2. The Morgan fingerprint density at radius 1 is 1.26 bits per heavy atom. The molecule has 1 aromatic carbocycles. The smallest absolute Gasteiger partial charge is 0.318 e. The Kier molecular flexibility index (Phi) is 4.24. The van der Waals surface area contributed by atoms with Crippen molar-refractivity contribution < 1.29 is 9.18 Å². The van der Waals surface area contributed by atoms with Gasteiger partial charge in [-0.25, -0.2) is 9.18 Å². The number of carbonyl (C=O) groups is 1. The zero-order chi connectivity index (χ0) is 13.7. The van der Waals surface area contributed by atoms with Gasteiger partial charge in [0.2, 0.25) is 0 Å². The highest BCUT2D eigenvalue weighted by atomic mass is 19.1. The lowest BCUT2D eigenvalue weighted by atomic mass is 10.2. The van der Waals surface area contributed by atoms with Gasteiger partial charge in [-0.15, -0.1) is 6.42 Å². The molecule has 0 aromatic heterocycles. The van der Waals surface area contributed by atoms with Crippen LogP contribution in [0.5, 0.6) is 0 Å². The summed E-state index contributed by atoms with van der Waals surface area (Å²) in [6, 6.07) is 6.27. The molecule has 4 nitrogen and oxygen atoms in total. The van der Waals surface area contributed by atoms with Crippen LogP contribution in [-0.4, -0.2) is 43.7 Å². The van der Waals surface area contributed by atoms with Crippen LogP contribution < -0.4 is 10.2 Å². The van der Waals surface area contributed by atoms with Gasteiger partial charge < -0.3 is 15.1 Å². The van der Waals surface area contributed by atoms with Crippen LogP contribution in [0.1, 0.15) is 0 Å². The number of nitrogens with one attached hydrogen (secondary N) is 1. The molecule has 1 N–H and O–H groups in total. The van der Waals surface area contributed by atoms with Crippen LogP contribution in [-0.2, 0) is 0 Å². The summed E-state index contributed by atoms with van der Waals surface area (Å²) in [5, 5.41) is 2.65. The minimum Gasteiger partial charge on any atom is -0.368 e. The molecule has 1 aliphatic heterocycles. The van der Waals surface area contributed by atoms with Crippen LogP contribution in [0.15, 0.2) is 24.3 Å². The predicted octanol–water partition coefficient (Wildman–Crippen LogP) is 1.29. The standard InChI is InChI=1S/C14H16FN3O/c1-2-7-16-14(19)18-10-8-17(9-11-18)13-5-3-12(15)4-6-13/h1,3-6H,7-11H2,(H,16,19). The summed E-state index contributed by atoms with van der Waals surface area (Å²) in [7, 11) is 0. The van der Waals surface area contributed by atoms with Crippen LogP contribution in [0.2, 0.25) is 0 Å². The summed E-state index contributed by atoms with van der Waals surface area (Å²) in [5.41, 5.74) is 0.977. The third kappa shape index (κ3) is 3.38. The van der Waals surface area contributed by atoms with Crippen LogP contribution in [0.4, 0.5) is 14.9 Å². The summed E-state index contributed by atoms with van der Waals surface area (Å²) in [6.07, 6.45) is 5.09. The number of terminal acetylenes is 1. The molecule has 0 atom stereocenters. The van der Waals surface area contributed by atoms with Gasteiger partial charge in [0.25, 0.3) is 0 Å². The molecule has 0 aliphatic carbocycles. The van der Waals surface area contributed by atoms with Crippen molar-refractivity contribution >= 4 is 11.7 Å². The van der Waals surface area contributed by atoms with Crippen molar-refractivity contribution in [2.75, 3.05) is 37.6 Å². The molecule has 0 radical (unpaired) electrons. The summed E-state index contributed by atoms with van der Waals surface area (Å²) in [4.78, 5) is 15.6. The van der Waals surface area contributed by atoms with Gasteiger partial charge in [-0.05, 0) is 24.3 Å². The molecular formula is C14H16FN3O. The number of halogens is 1. The number of amides is 2. The minimum absolute atomic E-state index is 0.128. The quantitative estimate of drug-likeness (QED) is 0.814.